The molecule has 0 bridgehead atoms. The van der Waals surface area contributed by atoms with E-state index >= 15 is 0 Å². The fraction of sp³-hybridized carbons (Fsp3) is 0. The largest absolute Gasteiger partial charge is 0.400 e. The molecule has 4 aromatic rings. The molecule has 0 N–H and O–H groups in total. The Morgan fingerprint density at radius 3 is 2.50 bits per heavy atom. The normalized spacial score (nSPS) is 11.2. The van der Waals surface area contributed by atoms with E-state index in [9.17, 15) is 4.79 Å². The molecule has 0 aliphatic rings. The first-order valence-electron chi connectivity index (χ1n) is 6.07. The number of rotatable bonds is 1. The number of thiazole rings is 1. The van der Waals surface area contributed by atoms with Crippen LogP contribution in [-0.4, -0.2) is 9.97 Å². The molecule has 0 atom stereocenters. The van der Waals surface area contributed by atoms with E-state index in [1.807, 2.05) is 30.3 Å². The van der Waals surface area contributed by atoms with Gasteiger partial charge < -0.3 is 4.42 Å². The number of aromatic nitrogens is 2. The summed E-state index contributed by atoms with van der Waals surface area (Å²) in [5.41, 5.74) is 1.12. The minimum atomic E-state index is -0.384. The highest BCUT2D eigenvalue weighted by atomic mass is 32.1. The van der Waals surface area contributed by atoms with Crippen LogP contribution in [0.3, 0.4) is 0 Å². The summed E-state index contributed by atoms with van der Waals surface area (Å²) in [5.74, 6) is 0.273. The smallest absolute Gasteiger partial charge is 0.347 e. The third kappa shape index (κ3) is 1.71. The molecule has 0 amide bonds. The zero-order valence-corrected chi connectivity index (χ0v) is 11.1. The van der Waals surface area contributed by atoms with Crippen molar-refractivity contribution in [3.63, 3.8) is 0 Å². The maximum Gasteiger partial charge on any atom is 0.347 e. The predicted molar refractivity (Wildman–Crippen MR) is 78.9 cm³/mol. The van der Waals surface area contributed by atoms with Gasteiger partial charge in [0.2, 0.25) is 0 Å². The lowest BCUT2D eigenvalue weighted by Crippen LogP contribution is -2.02. The second-order valence-electron chi connectivity index (χ2n) is 4.31. The van der Waals surface area contributed by atoms with E-state index < -0.39 is 0 Å². The molecule has 2 aromatic carbocycles. The summed E-state index contributed by atoms with van der Waals surface area (Å²) < 4.78 is 6.33. The predicted octanol–water partition coefficient (Wildman–Crippen LogP) is 3.46. The molecule has 2 heterocycles. The molecule has 4 rings (SSSR count). The van der Waals surface area contributed by atoms with Crippen molar-refractivity contribution in [3.05, 3.63) is 59.0 Å². The summed E-state index contributed by atoms with van der Waals surface area (Å²) in [7, 11) is 0. The first-order chi connectivity index (χ1) is 9.81. The van der Waals surface area contributed by atoms with Crippen molar-refractivity contribution in [2.45, 2.75) is 0 Å². The van der Waals surface area contributed by atoms with Crippen LogP contribution >= 0.6 is 11.3 Å². The Kier molecular flexibility index (Phi) is 2.40. The lowest BCUT2D eigenvalue weighted by Gasteiger charge is -1.97. The van der Waals surface area contributed by atoms with Crippen LogP contribution in [-0.2, 0) is 0 Å². The van der Waals surface area contributed by atoms with Crippen molar-refractivity contribution in [3.8, 4) is 10.9 Å². The maximum absolute atomic E-state index is 12.0. The summed E-state index contributed by atoms with van der Waals surface area (Å²) in [6.07, 6.45) is 0. The summed E-state index contributed by atoms with van der Waals surface area (Å²) in [5, 5.41) is 1.10. The van der Waals surface area contributed by atoms with Crippen molar-refractivity contribution in [2.24, 2.45) is 0 Å². The molecule has 0 saturated heterocycles. The van der Waals surface area contributed by atoms with Gasteiger partial charge in [-0.2, -0.15) is 0 Å². The Morgan fingerprint density at radius 2 is 1.65 bits per heavy atom. The van der Waals surface area contributed by atoms with E-state index in [0.29, 0.717) is 15.9 Å². The molecule has 0 radical (unpaired) electrons. The number of hydrogen-bond donors (Lipinski definition) is 0. The van der Waals surface area contributed by atoms with Gasteiger partial charge in [0.1, 0.15) is 0 Å². The average molecular weight is 280 g/mol. The van der Waals surface area contributed by atoms with Crippen LogP contribution in [0.1, 0.15) is 0 Å². The molecule has 0 aliphatic carbocycles. The summed E-state index contributed by atoms with van der Waals surface area (Å²) in [6, 6.07) is 14.9. The van der Waals surface area contributed by atoms with Crippen LogP contribution in [0.5, 0.6) is 0 Å². The summed E-state index contributed by atoms with van der Waals surface area (Å²) >= 11 is 1.46. The molecule has 4 nitrogen and oxygen atoms in total. The molecule has 96 valence electrons. The Bertz CT molecular complexity index is 955. The topological polar surface area (TPSA) is 56.0 Å². The van der Waals surface area contributed by atoms with Gasteiger partial charge in [0.25, 0.3) is 5.89 Å². The average Bonchev–Trinajstić information content (AvgIpc) is 2.91. The lowest BCUT2D eigenvalue weighted by molar-refractivity contribution is 0.518. The molecule has 0 spiro atoms. The minimum absolute atomic E-state index is 0.273. The van der Waals surface area contributed by atoms with Crippen molar-refractivity contribution in [1.82, 2.24) is 9.97 Å². The SMILES string of the molecule is O=c1oc(-c2nc3ccccc3s2)nc2ccccc12. The first-order valence-corrected chi connectivity index (χ1v) is 6.89. The molecule has 5 heteroatoms. The van der Waals surface area contributed by atoms with Crippen LogP contribution in [0.15, 0.2) is 57.7 Å². The van der Waals surface area contributed by atoms with Crippen LogP contribution < -0.4 is 5.63 Å². The molecule has 20 heavy (non-hydrogen) atoms. The zero-order valence-electron chi connectivity index (χ0n) is 10.2. The lowest BCUT2D eigenvalue weighted by atomic mass is 10.2. The highest BCUT2D eigenvalue weighted by molar-refractivity contribution is 7.21. The van der Waals surface area contributed by atoms with Gasteiger partial charge in [-0.05, 0) is 24.3 Å². The second kappa shape index (κ2) is 4.25. The molecular formula is C15H8N2O2S. The third-order valence-electron chi connectivity index (χ3n) is 3.01. The highest BCUT2D eigenvalue weighted by Crippen LogP contribution is 2.28. The number of nitrogens with zero attached hydrogens (tertiary/aromatic N) is 2. The van der Waals surface area contributed by atoms with E-state index in [-0.39, 0.29) is 11.5 Å². The quantitative estimate of drug-likeness (QED) is 0.535. The molecule has 0 aliphatic heterocycles. The maximum atomic E-state index is 12.0. The fourth-order valence-electron chi connectivity index (χ4n) is 2.07. The van der Waals surface area contributed by atoms with Gasteiger partial charge in [-0.15, -0.1) is 11.3 Å². The molecule has 0 unspecified atom stereocenters. The Labute approximate surface area is 117 Å². The van der Waals surface area contributed by atoms with Gasteiger partial charge in [0, 0.05) is 0 Å². The van der Waals surface area contributed by atoms with E-state index in [2.05, 4.69) is 9.97 Å². The van der Waals surface area contributed by atoms with Crippen LogP contribution in [0.25, 0.3) is 32.0 Å². The summed E-state index contributed by atoms with van der Waals surface area (Å²) in [6.45, 7) is 0. The molecule has 0 saturated carbocycles. The first kappa shape index (κ1) is 11.3. The highest BCUT2D eigenvalue weighted by Gasteiger charge is 2.12. The van der Waals surface area contributed by atoms with Crippen molar-refractivity contribution in [1.29, 1.82) is 0 Å². The van der Waals surface area contributed by atoms with E-state index in [1.54, 1.807) is 18.2 Å². The molecular weight excluding hydrogens is 272 g/mol. The van der Waals surface area contributed by atoms with Crippen LogP contribution in [0, 0.1) is 0 Å². The molecule has 0 fully saturated rings. The van der Waals surface area contributed by atoms with Gasteiger partial charge in [-0.25, -0.2) is 14.8 Å². The van der Waals surface area contributed by atoms with Crippen molar-refractivity contribution in [2.75, 3.05) is 0 Å². The van der Waals surface area contributed by atoms with Crippen molar-refractivity contribution >= 4 is 32.5 Å². The van der Waals surface area contributed by atoms with E-state index in [0.717, 1.165) is 10.2 Å². The molecule has 2 aromatic heterocycles. The Hall–Kier alpha value is -2.53. The second-order valence-corrected chi connectivity index (χ2v) is 5.34. The third-order valence-corrected chi connectivity index (χ3v) is 4.04. The summed E-state index contributed by atoms with van der Waals surface area (Å²) in [4.78, 5) is 20.8. The number of benzene rings is 2. The zero-order chi connectivity index (χ0) is 13.5. The fourth-order valence-corrected chi connectivity index (χ4v) is 2.97. The van der Waals surface area contributed by atoms with E-state index in [4.69, 9.17) is 4.42 Å². The Morgan fingerprint density at radius 1 is 0.900 bits per heavy atom. The minimum Gasteiger partial charge on any atom is -0.400 e. The van der Waals surface area contributed by atoms with E-state index in [1.165, 1.54) is 11.3 Å². The monoisotopic (exact) mass is 280 g/mol. The van der Waals surface area contributed by atoms with Gasteiger partial charge in [-0.1, -0.05) is 24.3 Å². The number of para-hydroxylation sites is 2. The van der Waals surface area contributed by atoms with Crippen LogP contribution in [0.2, 0.25) is 0 Å². The standard InChI is InChI=1S/C15H8N2O2S/c18-15-9-5-1-2-6-10(9)16-13(19-15)14-17-11-7-3-4-8-12(11)20-14/h1-8H. The van der Waals surface area contributed by atoms with Gasteiger partial charge in [0.15, 0.2) is 5.01 Å². The van der Waals surface area contributed by atoms with Gasteiger partial charge in [-0.3, -0.25) is 0 Å². The van der Waals surface area contributed by atoms with Crippen molar-refractivity contribution < 1.29 is 4.42 Å². The number of hydrogen-bond acceptors (Lipinski definition) is 5. The Balaban J connectivity index is 1.99. The number of fused-ring (bicyclic) bond motifs is 2. The van der Waals surface area contributed by atoms with Crippen LogP contribution in [0.4, 0.5) is 0 Å². The van der Waals surface area contributed by atoms with Gasteiger partial charge >= 0.3 is 5.63 Å². The van der Waals surface area contributed by atoms with Gasteiger partial charge in [0.05, 0.1) is 21.1 Å².